The summed E-state index contributed by atoms with van der Waals surface area (Å²) >= 11 is 0. The first-order valence-corrected chi connectivity index (χ1v) is 19.7. The first kappa shape index (κ1) is 40.9. The Bertz CT molecular complexity index is 2190. The van der Waals surface area contributed by atoms with E-state index in [0.29, 0.717) is 0 Å². The standard InChI is InChI=1S/C39H47N9O7S/c1-23-15-17-28(18-16-23)56(54,55)48-39(40)41-19-9-14-31-36(51)47-32(20-26-10-5-4-6-11-26)37(52)43-25(3)35(50)46-33(38(53)44-24(2)34(49)45-31)21-27-22-42-30-13-8-7-12-29(27)30/h4-8,10-13,15-18,22,24-25,31-33,42H,9,14,19-21H2,1-3H3,(H,43,52)(H,44,53)(H,45,49)(H,46,50)(H,47,51)(H3,40,41,48). The molecule has 5 rings (SSSR count). The Morgan fingerprint density at radius 2 is 1.25 bits per heavy atom. The number of rotatable bonds is 10. The fourth-order valence-corrected chi connectivity index (χ4v) is 7.08. The molecule has 0 bridgehead atoms. The van der Waals surface area contributed by atoms with Gasteiger partial charge in [-0.2, -0.15) is 0 Å². The minimum atomic E-state index is -3.99. The molecular formula is C39H47N9O7S. The van der Waals surface area contributed by atoms with Crippen LogP contribution >= 0.6 is 0 Å². The minimum absolute atomic E-state index is 0.000952. The molecule has 0 radical (unpaired) electrons. The van der Waals surface area contributed by atoms with E-state index in [1.54, 1.807) is 42.6 Å². The van der Waals surface area contributed by atoms with E-state index in [-0.39, 0.29) is 43.1 Å². The van der Waals surface area contributed by atoms with Gasteiger partial charge in [-0.3, -0.25) is 29.0 Å². The van der Waals surface area contributed by atoms with Gasteiger partial charge in [0.15, 0.2) is 0 Å². The third-order valence-corrected chi connectivity index (χ3v) is 10.7. The Balaban J connectivity index is 1.36. The summed E-state index contributed by atoms with van der Waals surface area (Å²) in [7, 11) is -3.99. The molecule has 2 heterocycles. The van der Waals surface area contributed by atoms with E-state index < -0.39 is 69.8 Å². The van der Waals surface area contributed by atoms with Crippen LogP contribution < -0.4 is 37.0 Å². The van der Waals surface area contributed by atoms with Crippen LogP contribution in [0.1, 0.15) is 43.4 Å². The van der Waals surface area contributed by atoms with Crippen molar-refractivity contribution in [2.24, 2.45) is 10.7 Å². The normalized spacial score (nSPS) is 21.8. The molecule has 56 heavy (non-hydrogen) atoms. The quantitative estimate of drug-likeness (QED) is 0.0648. The molecule has 0 spiro atoms. The minimum Gasteiger partial charge on any atom is -0.369 e. The molecule has 0 saturated carbocycles. The Kier molecular flexibility index (Phi) is 13.5. The lowest BCUT2D eigenvalue weighted by Gasteiger charge is -2.25. The molecule has 1 saturated heterocycles. The molecule has 0 aliphatic carbocycles. The second-order valence-corrected chi connectivity index (χ2v) is 15.4. The average molecular weight is 786 g/mol. The monoisotopic (exact) mass is 785 g/mol. The third-order valence-electron chi connectivity index (χ3n) is 9.29. The molecule has 296 valence electrons. The van der Waals surface area contributed by atoms with Gasteiger partial charge in [-0.25, -0.2) is 13.1 Å². The number of hydrogen-bond acceptors (Lipinski definition) is 8. The van der Waals surface area contributed by atoms with Crippen molar-refractivity contribution in [1.29, 1.82) is 0 Å². The van der Waals surface area contributed by atoms with Gasteiger partial charge in [-0.1, -0.05) is 66.2 Å². The Morgan fingerprint density at radius 1 is 0.696 bits per heavy atom. The Labute approximate surface area is 324 Å². The molecule has 16 nitrogen and oxygen atoms in total. The second kappa shape index (κ2) is 18.4. The number of sulfonamides is 1. The number of aromatic amines is 1. The van der Waals surface area contributed by atoms with Crippen LogP contribution in [0.15, 0.2) is 94.9 Å². The van der Waals surface area contributed by atoms with Crippen molar-refractivity contribution < 1.29 is 32.4 Å². The fraction of sp³-hybridized carbons (Fsp3) is 0.333. The predicted octanol–water partition coefficient (Wildman–Crippen LogP) is 0.812. The van der Waals surface area contributed by atoms with Gasteiger partial charge < -0.3 is 37.3 Å². The van der Waals surface area contributed by atoms with Gasteiger partial charge in [0, 0.05) is 36.5 Å². The van der Waals surface area contributed by atoms with E-state index in [0.717, 1.165) is 27.6 Å². The number of aromatic nitrogens is 1. The number of guanidine groups is 1. The summed E-state index contributed by atoms with van der Waals surface area (Å²) in [6, 6.07) is 16.8. The van der Waals surface area contributed by atoms with Crippen LogP contribution in [-0.2, 0) is 46.8 Å². The largest absolute Gasteiger partial charge is 0.369 e. The zero-order chi connectivity index (χ0) is 40.4. The maximum atomic E-state index is 13.9. The highest BCUT2D eigenvalue weighted by molar-refractivity contribution is 7.90. The zero-order valence-electron chi connectivity index (χ0n) is 31.3. The maximum Gasteiger partial charge on any atom is 0.264 e. The van der Waals surface area contributed by atoms with Crippen molar-refractivity contribution in [2.75, 3.05) is 6.54 Å². The van der Waals surface area contributed by atoms with Crippen molar-refractivity contribution in [1.82, 2.24) is 36.3 Å². The van der Waals surface area contributed by atoms with Crippen molar-refractivity contribution in [2.45, 2.75) is 81.6 Å². The summed E-state index contributed by atoms with van der Waals surface area (Å²) in [6.45, 7) is 4.72. The van der Waals surface area contributed by atoms with Gasteiger partial charge in [0.1, 0.15) is 30.2 Å². The van der Waals surface area contributed by atoms with E-state index in [1.165, 1.54) is 26.0 Å². The van der Waals surface area contributed by atoms with E-state index in [9.17, 15) is 32.4 Å². The summed E-state index contributed by atoms with van der Waals surface area (Å²) in [6.07, 6.45) is 2.03. The van der Waals surface area contributed by atoms with Gasteiger partial charge >= 0.3 is 0 Å². The Hall–Kier alpha value is -6.23. The second-order valence-electron chi connectivity index (χ2n) is 13.7. The molecule has 1 aliphatic rings. The molecule has 3 aromatic carbocycles. The number of hydrogen-bond donors (Lipinski definition) is 8. The van der Waals surface area contributed by atoms with Crippen LogP contribution in [0.2, 0.25) is 0 Å². The number of amides is 5. The van der Waals surface area contributed by atoms with E-state index in [2.05, 4.69) is 41.3 Å². The van der Waals surface area contributed by atoms with Crippen LogP contribution in [-0.4, -0.2) is 85.7 Å². The van der Waals surface area contributed by atoms with Crippen LogP contribution in [0.3, 0.4) is 0 Å². The summed E-state index contributed by atoms with van der Waals surface area (Å²) in [5.41, 5.74) is 9.08. The highest BCUT2D eigenvalue weighted by Crippen LogP contribution is 2.19. The Morgan fingerprint density at radius 3 is 1.91 bits per heavy atom. The number of carbonyl (C=O) groups is 5. The first-order chi connectivity index (χ1) is 26.7. The SMILES string of the molecule is Cc1ccc(S(=O)(=O)NC(N)=NCCCC2NC(=O)C(C)NC(=O)C(Cc3c[nH]c4ccccc34)NC(=O)C(C)NC(=O)C(Cc3ccccc3)NC2=O)cc1. The summed E-state index contributed by atoms with van der Waals surface area (Å²) in [5.74, 6) is -3.72. The number of carbonyl (C=O) groups excluding carboxylic acids is 5. The average Bonchev–Trinajstić information content (AvgIpc) is 3.57. The lowest BCUT2D eigenvalue weighted by molar-refractivity contribution is -0.133. The zero-order valence-corrected chi connectivity index (χ0v) is 32.1. The van der Waals surface area contributed by atoms with E-state index in [4.69, 9.17) is 5.73 Å². The lowest BCUT2D eigenvalue weighted by atomic mass is 10.0. The van der Waals surface area contributed by atoms with Gasteiger partial charge in [0.25, 0.3) is 10.0 Å². The molecule has 5 atom stereocenters. The smallest absolute Gasteiger partial charge is 0.264 e. The topological polar surface area (TPSA) is 246 Å². The van der Waals surface area contributed by atoms with Gasteiger partial charge in [0.05, 0.1) is 4.90 Å². The lowest BCUT2D eigenvalue weighted by Crippen LogP contribution is -2.57. The predicted molar refractivity (Wildman–Crippen MR) is 210 cm³/mol. The van der Waals surface area contributed by atoms with Crippen LogP contribution in [0.25, 0.3) is 10.9 Å². The number of nitrogens with two attached hydrogens (primary N) is 1. The number of para-hydroxylation sites is 1. The van der Waals surface area contributed by atoms with Crippen molar-refractivity contribution in [3.05, 3.63) is 102 Å². The van der Waals surface area contributed by atoms with Crippen molar-refractivity contribution in [3.63, 3.8) is 0 Å². The van der Waals surface area contributed by atoms with Crippen molar-refractivity contribution >= 4 is 56.4 Å². The number of aryl methyl sites for hydroxylation is 1. The van der Waals surface area contributed by atoms with Crippen LogP contribution in [0, 0.1) is 6.92 Å². The van der Waals surface area contributed by atoms with Gasteiger partial charge in [-0.05, 0) is 62.9 Å². The van der Waals surface area contributed by atoms with Crippen LogP contribution in [0.4, 0.5) is 0 Å². The number of aliphatic imine (C=N–C) groups is 1. The first-order valence-electron chi connectivity index (χ1n) is 18.2. The molecule has 4 aromatic rings. The molecular weight excluding hydrogens is 739 g/mol. The molecule has 9 N–H and O–H groups in total. The molecule has 5 amide bonds. The third kappa shape index (κ3) is 10.9. The number of H-pyrrole nitrogens is 1. The number of benzene rings is 3. The molecule has 5 unspecified atom stereocenters. The summed E-state index contributed by atoms with van der Waals surface area (Å²) < 4.78 is 27.7. The maximum absolute atomic E-state index is 13.9. The summed E-state index contributed by atoms with van der Waals surface area (Å²) in [5, 5.41) is 14.3. The highest BCUT2D eigenvalue weighted by atomic mass is 32.2. The van der Waals surface area contributed by atoms with Gasteiger partial charge in [-0.15, -0.1) is 0 Å². The van der Waals surface area contributed by atoms with E-state index in [1.807, 2.05) is 37.3 Å². The molecule has 1 fully saturated rings. The highest BCUT2D eigenvalue weighted by Gasteiger charge is 2.33. The van der Waals surface area contributed by atoms with Crippen LogP contribution in [0.5, 0.6) is 0 Å². The number of nitrogens with zero attached hydrogens (tertiary/aromatic N) is 1. The van der Waals surface area contributed by atoms with Crippen molar-refractivity contribution in [3.8, 4) is 0 Å². The van der Waals surface area contributed by atoms with Gasteiger partial charge in [0.2, 0.25) is 35.5 Å². The molecule has 1 aromatic heterocycles. The number of nitrogens with one attached hydrogen (secondary N) is 7. The fourth-order valence-electron chi connectivity index (χ4n) is 6.12. The molecule has 1 aliphatic heterocycles. The van der Waals surface area contributed by atoms with E-state index >= 15 is 0 Å². The number of fused-ring (bicyclic) bond motifs is 1. The summed E-state index contributed by atoms with van der Waals surface area (Å²) in [4.78, 5) is 75.6. The molecule has 17 heteroatoms.